The van der Waals surface area contributed by atoms with Gasteiger partial charge in [-0.2, -0.15) is 13.2 Å². The number of ketones is 1. The Hall–Kier alpha value is -3.62. The van der Waals surface area contributed by atoms with Gasteiger partial charge in [-0.1, -0.05) is 26.0 Å². The predicted octanol–water partition coefficient (Wildman–Crippen LogP) is 5.03. The second-order valence-corrected chi connectivity index (χ2v) is 10.1. The van der Waals surface area contributed by atoms with E-state index in [0.717, 1.165) is 16.0 Å². The maximum absolute atomic E-state index is 15.0. The highest BCUT2D eigenvalue weighted by atomic mass is 19.4. The maximum Gasteiger partial charge on any atom is 0.425 e. The molecule has 1 aliphatic carbocycles. The molecular weight excluding hydrogens is 473 g/mol. The molecule has 1 heterocycles. The van der Waals surface area contributed by atoms with Gasteiger partial charge in [-0.05, 0) is 67.1 Å². The van der Waals surface area contributed by atoms with E-state index in [4.69, 9.17) is 4.74 Å². The highest BCUT2D eigenvalue weighted by molar-refractivity contribution is 6.21. The van der Waals surface area contributed by atoms with Crippen LogP contribution in [0, 0.1) is 19.3 Å². The third-order valence-corrected chi connectivity index (χ3v) is 6.83. The summed E-state index contributed by atoms with van der Waals surface area (Å²) in [7, 11) is 1.36. The largest absolute Gasteiger partial charge is 0.497 e. The van der Waals surface area contributed by atoms with E-state index in [9.17, 15) is 27.6 Å². The molecule has 2 amide bonds. The van der Waals surface area contributed by atoms with E-state index in [1.807, 2.05) is 12.2 Å². The molecule has 36 heavy (non-hydrogen) atoms. The van der Waals surface area contributed by atoms with Crippen molar-refractivity contribution < 1.29 is 32.3 Å². The van der Waals surface area contributed by atoms with Gasteiger partial charge in [0.1, 0.15) is 5.75 Å². The number of carbonyl (C=O) groups excluding carboxylic acids is 3. The molecule has 0 fully saturated rings. The highest BCUT2D eigenvalue weighted by Gasteiger charge is 2.72. The van der Waals surface area contributed by atoms with Gasteiger partial charge < -0.3 is 10.1 Å². The molecule has 0 spiro atoms. The van der Waals surface area contributed by atoms with Gasteiger partial charge in [-0.3, -0.25) is 19.3 Å². The standard InChI is InChI=1S/C27H27F3N2O4/c1-15-9-10-18(11-16(15)2)32-20-13-25(3,4)14-21(33)22(20)26(24(32)35,27(28,29)30)31-23(34)17-7-6-8-19(12-17)36-5/h6-12H,13-14H2,1-5H3,(H,31,34)/t26-/m0/s1. The first kappa shape index (κ1) is 25.5. The van der Waals surface area contributed by atoms with Gasteiger partial charge in [-0.15, -0.1) is 0 Å². The van der Waals surface area contributed by atoms with Gasteiger partial charge in [0.25, 0.3) is 11.8 Å². The first-order valence-electron chi connectivity index (χ1n) is 11.4. The fourth-order valence-electron chi connectivity index (χ4n) is 4.90. The number of anilines is 1. The molecule has 2 aromatic carbocycles. The lowest BCUT2D eigenvalue weighted by Crippen LogP contribution is -2.66. The minimum absolute atomic E-state index is 0.0345. The fraction of sp³-hybridized carbons (Fsp3) is 0.370. The van der Waals surface area contributed by atoms with E-state index in [1.165, 1.54) is 31.4 Å². The van der Waals surface area contributed by atoms with Gasteiger partial charge in [0, 0.05) is 23.4 Å². The number of halogens is 3. The van der Waals surface area contributed by atoms with Crippen molar-refractivity contribution in [3.8, 4) is 5.75 Å². The number of allylic oxidation sites excluding steroid dienone is 1. The number of ether oxygens (including phenoxy) is 1. The zero-order valence-electron chi connectivity index (χ0n) is 20.7. The van der Waals surface area contributed by atoms with E-state index < -0.39 is 40.3 Å². The van der Waals surface area contributed by atoms with E-state index in [-0.39, 0.29) is 35.5 Å². The Kier molecular flexibility index (Phi) is 6.01. The summed E-state index contributed by atoms with van der Waals surface area (Å²) in [6.07, 6.45) is -5.42. The van der Waals surface area contributed by atoms with Gasteiger partial charge in [0.05, 0.1) is 12.7 Å². The number of aryl methyl sites for hydroxylation is 2. The second kappa shape index (κ2) is 8.50. The number of hydrogen-bond acceptors (Lipinski definition) is 4. The third kappa shape index (κ3) is 3.96. The van der Waals surface area contributed by atoms with Crippen LogP contribution in [0.25, 0.3) is 0 Å². The summed E-state index contributed by atoms with van der Waals surface area (Å²) in [6, 6.07) is 10.4. The highest BCUT2D eigenvalue weighted by Crippen LogP contribution is 2.53. The summed E-state index contributed by atoms with van der Waals surface area (Å²) >= 11 is 0. The number of rotatable bonds is 4. The Bertz CT molecular complexity index is 1310. The Labute approximate surface area is 207 Å². The first-order valence-corrected chi connectivity index (χ1v) is 11.4. The normalized spacial score (nSPS) is 21.5. The molecule has 0 radical (unpaired) electrons. The molecule has 4 rings (SSSR count). The SMILES string of the molecule is COc1cccc(C(=O)N[C@]2(C(F)(F)F)C(=O)N(c3ccc(C)c(C)c3)C3=C2C(=O)CC(C)(C)C3)c1. The number of methoxy groups -OCH3 is 1. The fourth-order valence-corrected chi connectivity index (χ4v) is 4.90. The van der Waals surface area contributed by atoms with Crippen LogP contribution >= 0.6 is 0 Å². The van der Waals surface area contributed by atoms with Crippen LogP contribution in [-0.4, -0.2) is 36.4 Å². The van der Waals surface area contributed by atoms with Crippen LogP contribution in [0.1, 0.15) is 48.2 Å². The Morgan fingerprint density at radius 2 is 1.72 bits per heavy atom. The molecule has 190 valence electrons. The van der Waals surface area contributed by atoms with Crippen molar-refractivity contribution in [3.63, 3.8) is 0 Å². The number of nitrogens with one attached hydrogen (secondary N) is 1. The molecule has 0 bridgehead atoms. The van der Waals surface area contributed by atoms with E-state index in [0.29, 0.717) is 0 Å². The molecule has 2 aromatic rings. The van der Waals surface area contributed by atoms with Crippen molar-refractivity contribution in [2.45, 2.75) is 52.3 Å². The number of Topliss-reactive ketones (excluding diaryl/α,β-unsaturated/α-hetero) is 1. The van der Waals surface area contributed by atoms with Crippen LogP contribution in [0.4, 0.5) is 18.9 Å². The monoisotopic (exact) mass is 500 g/mol. The lowest BCUT2D eigenvalue weighted by molar-refractivity contribution is -0.186. The molecular formula is C27H27F3N2O4. The summed E-state index contributed by atoms with van der Waals surface area (Å²) in [5, 5.41) is 1.94. The minimum Gasteiger partial charge on any atom is -0.497 e. The molecule has 9 heteroatoms. The van der Waals surface area contributed by atoms with Crippen molar-refractivity contribution in [1.82, 2.24) is 5.32 Å². The van der Waals surface area contributed by atoms with Crippen LogP contribution in [-0.2, 0) is 9.59 Å². The zero-order chi connectivity index (χ0) is 26.6. The average Bonchev–Trinajstić information content (AvgIpc) is 3.03. The van der Waals surface area contributed by atoms with Crippen LogP contribution < -0.4 is 15.0 Å². The quantitative estimate of drug-likeness (QED) is 0.639. The van der Waals surface area contributed by atoms with E-state index >= 15 is 0 Å². The van der Waals surface area contributed by atoms with Crippen LogP contribution in [0.2, 0.25) is 0 Å². The molecule has 1 aliphatic heterocycles. The molecule has 0 saturated heterocycles. The lowest BCUT2D eigenvalue weighted by Gasteiger charge is -2.35. The van der Waals surface area contributed by atoms with Crippen molar-refractivity contribution >= 4 is 23.3 Å². The first-order chi connectivity index (χ1) is 16.7. The van der Waals surface area contributed by atoms with Gasteiger partial charge in [0.2, 0.25) is 5.54 Å². The Balaban J connectivity index is 1.94. The summed E-state index contributed by atoms with van der Waals surface area (Å²) in [5.41, 5.74) is -3.20. The Morgan fingerprint density at radius 3 is 2.33 bits per heavy atom. The van der Waals surface area contributed by atoms with E-state index in [2.05, 4.69) is 0 Å². The molecule has 1 atom stereocenters. The Morgan fingerprint density at radius 1 is 1.03 bits per heavy atom. The molecule has 1 N–H and O–H groups in total. The summed E-state index contributed by atoms with van der Waals surface area (Å²) in [6.45, 7) is 7.16. The van der Waals surface area contributed by atoms with Gasteiger partial charge >= 0.3 is 6.18 Å². The molecule has 0 saturated carbocycles. The van der Waals surface area contributed by atoms with Crippen molar-refractivity contribution in [2.75, 3.05) is 12.0 Å². The molecule has 0 aromatic heterocycles. The number of hydrogen-bond donors (Lipinski definition) is 1. The van der Waals surface area contributed by atoms with Crippen LogP contribution in [0.3, 0.4) is 0 Å². The smallest absolute Gasteiger partial charge is 0.425 e. The average molecular weight is 501 g/mol. The topological polar surface area (TPSA) is 75.7 Å². The number of benzene rings is 2. The van der Waals surface area contributed by atoms with Gasteiger partial charge in [-0.25, -0.2) is 0 Å². The molecule has 0 unspecified atom stereocenters. The van der Waals surface area contributed by atoms with Crippen molar-refractivity contribution in [1.29, 1.82) is 0 Å². The number of alkyl halides is 3. The summed E-state index contributed by atoms with van der Waals surface area (Å²) in [4.78, 5) is 41.3. The summed E-state index contributed by atoms with van der Waals surface area (Å²) < 4.78 is 50.0. The predicted molar refractivity (Wildman–Crippen MR) is 128 cm³/mol. The summed E-state index contributed by atoms with van der Waals surface area (Å²) in [5.74, 6) is -3.13. The number of nitrogens with zero attached hydrogens (tertiary/aromatic N) is 1. The third-order valence-electron chi connectivity index (χ3n) is 6.83. The molecule has 6 nitrogen and oxygen atoms in total. The van der Waals surface area contributed by atoms with E-state index in [1.54, 1.807) is 39.0 Å². The van der Waals surface area contributed by atoms with Crippen LogP contribution in [0.15, 0.2) is 53.7 Å². The minimum atomic E-state index is -5.29. The second-order valence-electron chi connectivity index (χ2n) is 10.1. The molecule has 2 aliphatic rings. The van der Waals surface area contributed by atoms with Crippen molar-refractivity contribution in [3.05, 3.63) is 70.4 Å². The number of carbonyl (C=O) groups is 3. The van der Waals surface area contributed by atoms with Gasteiger partial charge in [0.15, 0.2) is 5.78 Å². The van der Waals surface area contributed by atoms with Crippen molar-refractivity contribution in [2.24, 2.45) is 5.41 Å². The van der Waals surface area contributed by atoms with Crippen LogP contribution in [0.5, 0.6) is 5.75 Å². The lowest BCUT2D eigenvalue weighted by atomic mass is 9.72. The number of amides is 2. The maximum atomic E-state index is 15.0. The zero-order valence-corrected chi connectivity index (χ0v) is 20.7.